The number of esters is 2. The number of nitrogens with zero attached hydrogens (tertiary/aromatic N) is 1. The van der Waals surface area contributed by atoms with Gasteiger partial charge in [-0.05, 0) is 42.0 Å². The summed E-state index contributed by atoms with van der Waals surface area (Å²) in [6.45, 7) is -0.290. The first kappa shape index (κ1) is 21.0. The molecule has 0 unspecified atom stereocenters. The minimum absolute atomic E-state index is 0.170. The number of benzene rings is 2. The van der Waals surface area contributed by atoms with Crippen molar-refractivity contribution in [1.82, 2.24) is 0 Å². The van der Waals surface area contributed by atoms with Crippen molar-refractivity contribution in [1.29, 1.82) is 5.26 Å². The first-order chi connectivity index (χ1) is 13.5. The second-order valence-corrected chi connectivity index (χ2v) is 6.21. The summed E-state index contributed by atoms with van der Waals surface area (Å²) in [6.07, 6.45) is 1.34. The molecule has 7 nitrogen and oxygen atoms in total. The lowest BCUT2D eigenvalue weighted by Crippen LogP contribution is -2.18. The van der Waals surface area contributed by atoms with Crippen molar-refractivity contribution in [2.24, 2.45) is 0 Å². The maximum absolute atomic E-state index is 12.0. The van der Waals surface area contributed by atoms with Crippen molar-refractivity contribution in [2.75, 3.05) is 20.8 Å². The molecule has 0 atom stereocenters. The van der Waals surface area contributed by atoms with Crippen LogP contribution in [0.4, 0.5) is 0 Å². The predicted molar refractivity (Wildman–Crippen MR) is 104 cm³/mol. The van der Waals surface area contributed by atoms with Crippen LogP contribution in [0.2, 0.25) is 0 Å². The molecule has 0 aromatic heterocycles. The highest BCUT2D eigenvalue weighted by Gasteiger charge is 2.13. The molecule has 0 aliphatic carbocycles. The maximum Gasteiger partial charge on any atom is 0.349 e. The highest BCUT2D eigenvalue weighted by atomic mass is 79.9. The number of ether oxygens (including phenoxy) is 4. The number of hydrogen-bond donors (Lipinski definition) is 0. The summed E-state index contributed by atoms with van der Waals surface area (Å²) in [5.74, 6) is -0.410. The fourth-order valence-corrected chi connectivity index (χ4v) is 2.50. The zero-order valence-corrected chi connectivity index (χ0v) is 16.7. The molecule has 0 aliphatic heterocycles. The van der Waals surface area contributed by atoms with Gasteiger partial charge in [-0.25, -0.2) is 9.59 Å². The van der Waals surface area contributed by atoms with Crippen molar-refractivity contribution in [3.8, 4) is 23.3 Å². The first-order valence-corrected chi connectivity index (χ1v) is 8.73. The monoisotopic (exact) mass is 445 g/mol. The molecule has 8 heteroatoms. The van der Waals surface area contributed by atoms with Gasteiger partial charge in [-0.15, -0.1) is 0 Å². The average Bonchev–Trinajstić information content (AvgIpc) is 2.70. The number of carbonyl (C=O) groups excluding carboxylic acids is 2. The van der Waals surface area contributed by atoms with Gasteiger partial charge < -0.3 is 18.9 Å². The van der Waals surface area contributed by atoms with E-state index in [4.69, 9.17) is 19.5 Å². The van der Waals surface area contributed by atoms with Gasteiger partial charge in [0.1, 0.15) is 17.4 Å². The zero-order chi connectivity index (χ0) is 20.5. The molecule has 144 valence electrons. The Morgan fingerprint density at radius 3 is 2.57 bits per heavy atom. The zero-order valence-electron chi connectivity index (χ0n) is 15.1. The van der Waals surface area contributed by atoms with Gasteiger partial charge >= 0.3 is 11.9 Å². The van der Waals surface area contributed by atoms with Crippen LogP contribution in [0.5, 0.6) is 17.2 Å². The summed E-state index contributed by atoms with van der Waals surface area (Å²) >= 11 is 3.32. The van der Waals surface area contributed by atoms with Gasteiger partial charge in [-0.3, -0.25) is 0 Å². The lowest BCUT2D eigenvalue weighted by Gasteiger charge is -2.11. The SMILES string of the molecule is COC(=O)/C(C#N)=C/c1ccc(OC(=O)COc2cccc(Br)c2)c(OC)c1. The van der Waals surface area contributed by atoms with E-state index in [2.05, 4.69) is 20.7 Å². The van der Waals surface area contributed by atoms with Crippen LogP contribution in [0.15, 0.2) is 52.5 Å². The largest absolute Gasteiger partial charge is 0.493 e. The summed E-state index contributed by atoms with van der Waals surface area (Å²) < 4.78 is 21.2. The second-order valence-electron chi connectivity index (χ2n) is 5.29. The number of hydrogen-bond acceptors (Lipinski definition) is 7. The molecule has 0 saturated heterocycles. The quantitative estimate of drug-likeness (QED) is 0.278. The van der Waals surface area contributed by atoms with Crippen molar-refractivity contribution in [2.45, 2.75) is 0 Å². The lowest BCUT2D eigenvalue weighted by molar-refractivity contribution is -0.137. The third-order valence-corrected chi connectivity index (χ3v) is 3.89. The maximum atomic E-state index is 12.0. The minimum Gasteiger partial charge on any atom is -0.493 e. The van der Waals surface area contributed by atoms with E-state index < -0.39 is 11.9 Å². The summed E-state index contributed by atoms with van der Waals surface area (Å²) in [6, 6.07) is 13.4. The fraction of sp³-hybridized carbons (Fsp3) is 0.150. The molecule has 2 rings (SSSR count). The molecule has 0 heterocycles. The van der Waals surface area contributed by atoms with Crippen LogP contribution in [-0.2, 0) is 14.3 Å². The summed E-state index contributed by atoms with van der Waals surface area (Å²) in [4.78, 5) is 23.5. The number of carbonyl (C=O) groups is 2. The highest BCUT2D eigenvalue weighted by Crippen LogP contribution is 2.29. The normalized spacial score (nSPS) is 10.6. The van der Waals surface area contributed by atoms with Gasteiger partial charge in [0.25, 0.3) is 0 Å². The van der Waals surface area contributed by atoms with E-state index >= 15 is 0 Å². The van der Waals surface area contributed by atoms with E-state index in [0.29, 0.717) is 11.3 Å². The molecular formula is C20H16BrNO6. The molecular weight excluding hydrogens is 430 g/mol. The lowest BCUT2D eigenvalue weighted by atomic mass is 10.1. The fourth-order valence-electron chi connectivity index (χ4n) is 2.12. The Morgan fingerprint density at radius 1 is 1.14 bits per heavy atom. The number of halogens is 1. The molecule has 0 radical (unpaired) electrons. The third-order valence-electron chi connectivity index (χ3n) is 3.40. The van der Waals surface area contributed by atoms with E-state index in [9.17, 15) is 9.59 Å². The molecule has 0 spiro atoms. The Kier molecular flexibility index (Phi) is 7.60. The van der Waals surface area contributed by atoms with Crippen LogP contribution in [-0.4, -0.2) is 32.8 Å². The molecule has 0 N–H and O–H groups in total. The van der Waals surface area contributed by atoms with Crippen LogP contribution < -0.4 is 14.2 Å². The van der Waals surface area contributed by atoms with Gasteiger partial charge in [-0.2, -0.15) is 5.26 Å². The Balaban J connectivity index is 2.09. The third kappa shape index (κ3) is 5.86. The molecule has 0 saturated carbocycles. The smallest absolute Gasteiger partial charge is 0.349 e. The van der Waals surface area contributed by atoms with Crippen LogP contribution in [0, 0.1) is 11.3 Å². The molecule has 2 aromatic carbocycles. The Bertz CT molecular complexity index is 948. The molecule has 0 fully saturated rings. The molecule has 0 amide bonds. The second kappa shape index (κ2) is 10.1. The summed E-state index contributed by atoms with van der Waals surface area (Å²) in [7, 11) is 2.59. The number of rotatable bonds is 7. The van der Waals surface area contributed by atoms with Gasteiger partial charge in [0.15, 0.2) is 18.1 Å². The van der Waals surface area contributed by atoms with Crippen LogP contribution in [0.1, 0.15) is 5.56 Å². The summed E-state index contributed by atoms with van der Waals surface area (Å²) in [5.41, 5.74) is 0.334. The molecule has 0 bridgehead atoms. The Hall–Kier alpha value is -3.31. The van der Waals surface area contributed by atoms with Crippen LogP contribution in [0.25, 0.3) is 6.08 Å². The average molecular weight is 446 g/mol. The highest BCUT2D eigenvalue weighted by molar-refractivity contribution is 9.10. The minimum atomic E-state index is -0.748. The standard InChI is InChI=1S/C20H16BrNO6/c1-25-18-9-13(8-14(11-22)20(24)26-2)6-7-17(18)28-19(23)12-27-16-5-3-4-15(21)10-16/h3-10H,12H2,1-2H3/b14-8+. The number of nitriles is 1. The van der Waals surface area contributed by atoms with Crippen LogP contribution >= 0.6 is 15.9 Å². The topological polar surface area (TPSA) is 94.9 Å². The Labute approximate surface area is 170 Å². The van der Waals surface area contributed by atoms with Gasteiger partial charge in [-0.1, -0.05) is 28.1 Å². The van der Waals surface area contributed by atoms with E-state index in [1.54, 1.807) is 30.3 Å². The van der Waals surface area contributed by atoms with E-state index in [1.807, 2.05) is 6.07 Å². The predicted octanol–water partition coefficient (Wildman–Crippen LogP) is 3.52. The van der Waals surface area contributed by atoms with E-state index in [-0.39, 0.29) is 23.7 Å². The Morgan fingerprint density at radius 2 is 1.93 bits per heavy atom. The van der Waals surface area contributed by atoms with Crippen molar-refractivity contribution < 1.29 is 28.5 Å². The van der Waals surface area contributed by atoms with Gasteiger partial charge in [0, 0.05) is 4.47 Å². The molecule has 0 aliphatic rings. The molecule has 28 heavy (non-hydrogen) atoms. The van der Waals surface area contributed by atoms with E-state index in [1.165, 1.54) is 32.4 Å². The molecule has 2 aromatic rings. The van der Waals surface area contributed by atoms with E-state index in [0.717, 1.165) is 4.47 Å². The van der Waals surface area contributed by atoms with Gasteiger partial charge in [0.2, 0.25) is 0 Å². The summed E-state index contributed by atoms with van der Waals surface area (Å²) in [5, 5.41) is 9.02. The van der Waals surface area contributed by atoms with Crippen molar-refractivity contribution in [3.05, 3.63) is 58.1 Å². The first-order valence-electron chi connectivity index (χ1n) is 7.94. The number of methoxy groups -OCH3 is 2. The van der Waals surface area contributed by atoms with Gasteiger partial charge in [0.05, 0.1) is 14.2 Å². The van der Waals surface area contributed by atoms with Crippen molar-refractivity contribution in [3.63, 3.8) is 0 Å². The van der Waals surface area contributed by atoms with Crippen LogP contribution in [0.3, 0.4) is 0 Å². The van der Waals surface area contributed by atoms with Crippen molar-refractivity contribution >= 4 is 33.9 Å².